The summed E-state index contributed by atoms with van der Waals surface area (Å²) in [6.45, 7) is 0.845. The van der Waals surface area contributed by atoms with Gasteiger partial charge in [-0.05, 0) is 61.1 Å². The third-order valence-corrected chi connectivity index (χ3v) is 7.53. The molecule has 0 aliphatic heterocycles. The van der Waals surface area contributed by atoms with Gasteiger partial charge in [0.2, 0.25) is 0 Å². The molecule has 0 saturated heterocycles. The Balaban J connectivity index is 2.07. The maximum Gasteiger partial charge on any atom is 0.440 e. The van der Waals surface area contributed by atoms with Crippen molar-refractivity contribution >= 4 is 29.8 Å². The molecule has 0 saturated carbocycles. The molecule has 0 fully saturated rings. The van der Waals surface area contributed by atoms with E-state index in [1.54, 1.807) is 62.6 Å². The molecule has 1 unspecified atom stereocenters. The number of rotatable bonds is 11. The second kappa shape index (κ2) is 11.1. The highest BCUT2D eigenvalue weighted by atomic mass is 32.7. The standard InChI is InChI=1S/C20H26NO5PS/c1-4-6-14-28-27(23,25-5-2)26-19-9-7-8-17(15-19)21-20(22)16-10-12-18(24-3)13-11-16/h7-13,15H,4-6,14H2,1-3H3,(H,21,22). The molecular formula is C20H26NO5PS. The van der Waals surface area contributed by atoms with Gasteiger partial charge in [-0.15, -0.1) is 0 Å². The first kappa shape index (κ1) is 22.3. The van der Waals surface area contributed by atoms with Crippen LogP contribution in [0.1, 0.15) is 37.0 Å². The van der Waals surface area contributed by atoms with Crippen LogP contribution in [0.15, 0.2) is 48.5 Å². The minimum Gasteiger partial charge on any atom is -0.497 e. The number of unbranched alkanes of at least 4 members (excludes halogenated alkanes) is 1. The molecule has 6 nitrogen and oxygen atoms in total. The first-order valence-corrected chi connectivity index (χ1v) is 12.3. The van der Waals surface area contributed by atoms with Crippen molar-refractivity contribution in [1.82, 2.24) is 0 Å². The fourth-order valence-corrected chi connectivity index (χ4v) is 5.80. The number of hydrogen-bond donors (Lipinski definition) is 1. The first-order valence-electron chi connectivity index (χ1n) is 9.14. The molecule has 0 bridgehead atoms. The Morgan fingerprint density at radius 3 is 2.50 bits per heavy atom. The molecule has 0 aliphatic rings. The highest BCUT2D eigenvalue weighted by Crippen LogP contribution is 2.60. The van der Waals surface area contributed by atoms with Gasteiger partial charge in [-0.3, -0.25) is 9.32 Å². The van der Waals surface area contributed by atoms with Gasteiger partial charge in [0.05, 0.1) is 13.7 Å². The van der Waals surface area contributed by atoms with Crippen LogP contribution in [0.25, 0.3) is 0 Å². The summed E-state index contributed by atoms with van der Waals surface area (Å²) in [5.74, 6) is 1.50. The Labute approximate surface area is 170 Å². The summed E-state index contributed by atoms with van der Waals surface area (Å²) in [6, 6.07) is 13.6. The number of anilines is 1. The Hall–Kier alpha value is -1.95. The Morgan fingerprint density at radius 2 is 1.86 bits per heavy atom. The number of benzene rings is 2. The fraction of sp³-hybridized carbons (Fsp3) is 0.350. The highest BCUT2D eigenvalue weighted by molar-refractivity contribution is 8.55. The molecular weight excluding hydrogens is 397 g/mol. The minimum atomic E-state index is -3.30. The van der Waals surface area contributed by atoms with Crippen molar-refractivity contribution in [2.45, 2.75) is 26.7 Å². The predicted molar refractivity (Wildman–Crippen MR) is 115 cm³/mol. The van der Waals surface area contributed by atoms with Crippen LogP contribution in [0.5, 0.6) is 11.5 Å². The lowest BCUT2D eigenvalue weighted by Crippen LogP contribution is -2.11. The number of methoxy groups -OCH3 is 1. The van der Waals surface area contributed by atoms with Crippen LogP contribution in [-0.4, -0.2) is 25.4 Å². The lowest BCUT2D eigenvalue weighted by Gasteiger charge is -2.18. The highest BCUT2D eigenvalue weighted by Gasteiger charge is 2.26. The van der Waals surface area contributed by atoms with E-state index in [0.29, 0.717) is 35.1 Å². The average Bonchev–Trinajstić information content (AvgIpc) is 2.68. The monoisotopic (exact) mass is 423 g/mol. The molecule has 0 radical (unpaired) electrons. The second-order valence-corrected chi connectivity index (χ2v) is 9.97. The molecule has 0 aromatic heterocycles. The largest absolute Gasteiger partial charge is 0.497 e. The molecule has 1 N–H and O–H groups in total. The van der Waals surface area contributed by atoms with E-state index in [1.807, 2.05) is 0 Å². The van der Waals surface area contributed by atoms with Crippen LogP contribution in [0, 0.1) is 0 Å². The summed E-state index contributed by atoms with van der Waals surface area (Å²) in [4.78, 5) is 12.4. The minimum absolute atomic E-state index is 0.259. The van der Waals surface area contributed by atoms with Crippen molar-refractivity contribution in [3.05, 3.63) is 54.1 Å². The second-order valence-electron chi connectivity index (χ2n) is 5.85. The smallest absolute Gasteiger partial charge is 0.440 e. The Morgan fingerprint density at radius 1 is 1.11 bits per heavy atom. The molecule has 0 heterocycles. The van der Waals surface area contributed by atoms with Gasteiger partial charge in [-0.2, -0.15) is 0 Å². The van der Waals surface area contributed by atoms with E-state index in [0.717, 1.165) is 12.8 Å². The van der Waals surface area contributed by atoms with Gasteiger partial charge >= 0.3 is 6.80 Å². The zero-order chi connectivity index (χ0) is 20.4. The van der Waals surface area contributed by atoms with Crippen LogP contribution in [0.2, 0.25) is 0 Å². The van der Waals surface area contributed by atoms with E-state index in [4.69, 9.17) is 13.8 Å². The maximum atomic E-state index is 12.9. The molecule has 1 amide bonds. The number of carbonyl (C=O) groups excluding carboxylic acids is 1. The van der Waals surface area contributed by atoms with Crippen molar-refractivity contribution in [2.75, 3.05) is 24.8 Å². The zero-order valence-corrected chi connectivity index (χ0v) is 18.1. The average molecular weight is 423 g/mol. The number of carbonyl (C=O) groups is 1. The molecule has 152 valence electrons. The van der Waals surface area contributed by atoms with Gasteiger partial charge < -0.3 is 14.6 Å². The molecule has 2 aromatic carbocycles. The molecule has 8 heteroatoms. The molecule has 28 heavy (non-hydrogen) atoms. The topological polar surface area (TPSA) is 73.9 Å². The molecule has 1 atom stereocenters. The normalized spacial score (nSPS) is 12.8. The molecule has 2 rings (SSSR count). The van der Waals surface area contributed by atoms with Crippen molar-refractivity contribution in [3.63, 3.8) is 0 Å². The predicted octanol–water partition coefficient (Wildman–Crippen LogP) is 6.00. The summed E-state index contributed by atoms with van der Waals surface area (Å²) in [5, 5.41) is 2.81. The van der Waals surface area contributed by atoms with Crippen LogP contribution >= 0.6 is 18.2 Å². The van der Waals surface area contributed by atoms with E-state index in [-0.39, 0.29) is 5.91 Å². The third kappa shape index (κ3) is 6.89. The van der Waals surface area contributed by atoms with Gasteiger partial charge in [0.25, 0.3) is 5.91 Å². The summed E-state index contributed by atoms with van der Waals surface area (Å²) < 4.78 is 29.1. The SMILES string of the molecule is CCCCSP(=O)(OCC)Oc1cccc(NC(=O)c2ccc(OC)cc2)c1. The van der Waals surface area contributed by atoms with E-state index in [9.17, 15) is 9.36 Å². The van der Waals surface area contributed by atoms with Gasteiger partial charge in [-0.25, -0.2) is 4.57 Å². The van der Waals surface area contributed by atoms with Gasteiger partial charge in [0.15, 0.2) is 0 Å². The van der Waals surface area contributed by atoms with Crippen molar-refractivity contribution in [1.29, 1.82) is 0 Å². The Bertz CT molecular complexity index is 812. The first-order chi connectivity index (χ1) is 13.5. The number of amides is 1. The number of nitrogens with one attached hydrogen (secondary N) is 1. The lowest BCUT2D eigenvalue weighted by atomic mass is 10.2. The van der Waals surface area contributed by atoms with Crippen molar-refractivity contribution < 1.29 is 23.1 Å². The van der Waals surface area contributed by atoms with E-state index in [1.165, 1.54) is 11.4 Å². The van der Waals surface area contributed by atoms with Crippen molar-refractivity contribution in [2.24, 2.45) is 0 Å². The van der Waals surface area contributed by atoms with Crippen molar-refractivity contribution in [3.8, 4) is 11.5 Å². The van der Waals surface area contributed by atoms with E-state index >= 15 is 0 Å². The van der Waals surface area contributed by atoms with Gasteiger partial charge in [0.1, 0.15) is 11.5 Å². The van der Waals surface area contributed by atoms with Crippen LogP contribution in [0.3, 0.4) is 0 Å². The summed E-state index contributed by atoms with van der Waals surface area (Å²) >= 11 is 1.20. The fourth-order valence-electron chi connectivity index (χ4n) is 2.27. The molecule has 0 aliphatic carbocycles. The van der Waals surface area contributed by atoms with Crippen LogP contribution in [-0.2, 0) is 9.09 Å². The third-order valence-electron chi connectivity index (χ3n) is 3.70. The Kier molecular flexibility index (Phi) is 8.90. The zero-order valence-electron chi connectivity index (χ0n) is 16.3. The number of hydrogen-bond acceptors (Lipinski definition) is 6. The number of ether oxygens (including phenoxy) is 1. The van der Waals surface area contributed by atoms with Crippen LogP contribution < -0.4 is 14.6 Å². The van der Waals surface area contributed by atoms with Gasteiger partial charge in [0, 0.05) is 23.1 Å². The maximum absolute atomic E-state index is 12.9. The molecule has 0 spiro atoms. The van der Waals surface area contributed by atoms with E-state index < -0.39 is 6.80 Å². The summed E-state index contributed by atoms with van der Waals surface area (Å²) in [6.07, 6.45) is 1.94. The molecule has 2 aromatic rings. The lowest BCUT2D eigenvalue weighted by molar-refractivity contribution is 0.102. The van der Waals surface area contributed by atoms with Crippen LogP contribution in [0.4, 0.5) is 5.69 Å². The van der Waals surface area contributed by atoms with E-state index in [2.05, 4.69) is 12.2 Å². The van der Waals surface area contributed by atoms with Gasteiger partial charge in [-0.1, -0.05) is 19.4 Å². The summed E-state index contributed by atoms with van der Waals surface area (Å²) in [7, 11) is 1.57. The quantitative estimate of drug-likeness (QED) is 0.353. The summed E-state index contributed by atoms with van der Waals surface area (Å²) in [5.41, 5.74) is 1.04.